The van der Waals surface area contributed by atoms with Gasteiger partial charge >= 0.3 is 5.97 Å². The van der Waals surface area contributed by atoms with Gasteiger partial charge < -0.3 is 28.8 Å². The number of methoxy groups -OCH3 is 2. The van der Waals surface area contributed by atoms with Crippen LogP contribution < -0.4 is 9.47 Å². The maximum atomic E-state index is 14.8. The molecule has 1 spiro atoms. The minimum Gasteiger partial charge on any atom is -0.496 e. The summed E-state index contributed by atoms with van der Waals surface area (Å²) in [5.74, 6) is -1.27. The molecular weight excluding hydrogens is 512 g/mol. The van der Waals surface area contributed by atoms with Crippen LogP contribution in [0.1, 0.15) is 58.3 Å². The molecule has 4 aliphatic carbocycles. The highest BCUT2D eigenvalue weighted by Crippen LogP contribution is 2.72. The molecule has 8 nitrogen and oxygen atoms in total. The second-order valence-electron chi connectivity index (χ2n) is 13.3. The number of ether oxygens (including phenoxy) is 5. The third kappa shape index (κ3) is 3.42. The van der Waals surface area contributed by atoms with Crippen molar-refractivity contribution in [2.24, 2.45) is 34.5 Å². The van der Waals surface area contributed by atoms with Crippen molar-refractivity contribution in [2.45, 2.75) is 71.6 Å². The summed E-state index contributed by atoms with van der Waals surface area (Å²) in [6.07, 6.45) is 2.59. The number of carbonyl (C=O) groups is 2. The number of esters is 1. The van der Waals surface area contributed by atoms with Crippen LogP contribution in [0.4, 0.5) is 0 Å². The van der Waals surface area contributed by atoms with Gasteiger partial charge in [-0.2, -0.15) is 0 Å². The minimum atomic E-state index is -1.89. The van der Waals surface area contributed by atoms with E-state index in [2.05, 4.69) is 13.8 Å². The summed E-state index contributed by atoms with van der Waals surface area (Å²) in [4.78, 5) is 28.7. The van der Waals surface area contributed by atoms with Gasteiger partial charge in [-0.25, -0.2) is 4.79 Å². The SMILES string of the molecule is COc1cccc(OC)c1C(=O)O[C@H]1C(C)=C[C@]23C(=O)[C@@H](C=C4COC(C)(C)O[C@H]4[C@]12O)[C@H]1[C@@H](C[C@H]3C)C1(C)C. The standard InChI is InChI=1S/C32H40O8/c1-16-14-31-17(2)12-20-24(29(20,3)4)19(25(31)33)13-18-15-38-30(5,6)40-27(18)32(31,35)26(16)39-28(34)23-21(36-7)10-9-11-22(23)37-8/h9-11,13-14,17,19-20,24,26-27,35H,12,15H2,1-8H3/t17-,19+,20-,24+,26+,27-,31+,32-/m1/s1. The number of carbonyl (C=O) groups excluding carboxylic acids is 2. The molecule has 1 aliphatic heterocycles. The summed E-state index contributed by atoms with van der Waals surface area (Å²) in [6, 6.07) is 5.02. The summed E-state index contributed by atoms with van der Waals surface area (Å²) in [6.45, 7) is 12.1. The largest absolute Gasteiger partial charge is 0.496 e. The molecule has 1 aromatic carbocycles. The molecule has 8 heteroatoms. The van der Waals surface area contributed by atoms with Gasteiger partial charge in [-0.1, -0.05) is 39.0 Å². The van der Waals surface area contributed by atoms with Crippen LogP contribution in [0.15, 0.2) is 41.5 Å². The Hall–Kier alpha value is -2.68. The van der Waals surface area contributed by atoms with Crippen molar-refractivity contribution in [3.63, 3.8) is 0 Å². The summed E-state index contributed by atoms with van der Waals surface area (Å²) in [5.41, 5.74) is -1.73. The molecule has 1 heterocycles. The lowest BCUT2D eigenvalue weighted by Crippen LogP contribution is -2.68. The first-order chi connectivity index (χ1) is 18.7. The van der Waals surface area contributed by atoms with Crippen molar-refractivity contribution in [1.29, 1.82) is 0 Å². The number of aliphatic hydroxyl groups is 1. The normalized spacial score (nSPS) is 40.3. The van der Waals surface area contributed by atoms with E-state index in [-0.39, 0.29) is 46.7 Å². The van der Waals surface area contributed by atoms with Crippen LogP contribution in [0.2, 0.25) is 0 Å². The van der Waals surface area contributed by atoms with E-state index in [0.29, 0.717) is 11.5 Å². The van der Waals surface area contributed by atoms with Crippen LogP contribution in [0, 0.1) is 34.5 Å². The summed E-state index contributed by atoms with van der Waals surface area (Å²) in [7, 11) is 2.93. The maximum absolute atomic E-state index is 14.8. The van der Waals surface area contributed by atoms with Crippen molar-refractivity contribution in [3.05, 3.63) is 47.1 Å². The van der Waals surface area contributed by atoms with Gasteiger partial charge in [0.1, 0.15) is 23.2 Å². The molecule has 3 fully saturated rings. The Balaban J connectivity index is 1.52. The fraction of sp³-hybridized carbons (Fsp3) is 0.625. The molecule has 0 radical (unpaired) electrons. The summed E-state index contributed by atoms with van der Waals surface area (Å²) < 4.78 is 29.7. The predicted molar refractivity (Wildman–Crippen MR) is 146 cm³/mol. The van der Waals surface area contributed by atoms with Crippen molar-refractivity contribution in [3.8, 4) is 11.5 Å². The van der Waals surface area contributed by atoms with Crippen LogP contribution in [0.25, 0.3) is 0 Å². The van der Waals surface area contributed by atoms with Crippen LogP contribution >= 0.6 is 0 Å². The molecule has 2 bridgehead atoms. The lowest BCUT2D eigenvalue weighted by atomic mass is 9.59. The van der Waals surface area contributed by atoms with Gasteiger partial charge in [0, 0.05) is 5.92 Å². The summed E-state index contributed by atoms with van der Waals surface area (Å²) in [5, 5.41) is 13.2. The van der Waals surface area contributed by atoms with Crippen molar-refractivity contribution < 1.29 is 38.4 Å². The Morgan fingerprint density at radius 3 is 2.38 bits per heavy atom. The number of benzene rings is 1. The van der Waals surface area contributed by atoms with Crippen LogP contribution in [-0.4, -0.2) is 61.3 Å². The van der Waals surface area contributed by atoms with E-state index < -0.39 is 40.9 Å². The van der Waals surface area contributed by atoms with Crippen molar-refractivity contribution in [1.82, 2.24) is 0 Å². The van der Waals surface area contributed by atoms with E-state index in [1.807, 2.05) is 26.0 Å². The summed E-state index contributed by atoms with van der Waals surface area (Å²) >= 11 is 0. The highest BCUT2D eigenvalue weighted by molar-refractivity contribution is 5.97. The van der Waals surface area contributed by atoms with Crippen molar-refractivity contribution >= 4 is 11.8 Å². The second-order valence-corrected chi connectivity index (χ2v) is 13.3. The number of hydrogen-bond acceptors (Lipinski definition) is 8. The minimum absolute atomic E-state index is 0.0184. The molecular formula is C32H40O8. The molecule has 0 amide bonds. The monoisotopic (exact) mass is 552 g/mol. The Bertz CT molecular complexity index is 1320. The Labute approximate surface area is 235 Å². The first-order valence-corrected chi connectivity index (χ1v) is 14.1. The third-order valence-corrected chi connectivity index (χ3v) is 10.5. The van der Waals surface area contributed by atoms with Crippen molar-refractivity contribution in [2.75, 3.05) is 20.8 Å². The van der Waals surface area contributed by atoms with Gasteiger partial charge in [0.2, 0.25) is 0 Å². The highest BCUT2D eigenvalue weighted by atomic mass is 16.7. The zero-order valence-electron chi connectivity index (χ0n) is 24.6. The molecule has 1 saturated heterocycles. The predicted octanol–water partition coefficient (Wildman–Crippen LogP) is 4.50. The molecule has 0 unspecified atom stereocenters. The average Bonchev–Trinajstić information content (AvgIpc) is 3.40. The molecule has 40 heavy (non-hydrogen) atoms. The Morgan fingerprint density at radius 2 is 1.75 bits per heavy atom. The van der Waals surface area contributed by atoms with Crippen LogP contribution in [-0.2, 0) is 19.0 Å². The van der Waals surface area contributed by atoms with Gasteiger partial charge in [0.05, 0.1) is 26.2 Å². The number of allylic oxidation sites excluding steroid dienone is 1. The van der Waals surface area contributed by atoms with E-state index in [4.69, 9.17) is 23.7 Å². The lowest BCUT2D eigenvalue weighted by Gasteiger charge is -2.52. The molecule has 6 rings (SSSR count). The van der Waals surface area contributed by atoms with Gasteiger partial charge in [0.15, 0.2) is 23.3 Å². The number of hydrogen-bond donors (Lipinski definition) is 1. The highest BCUT2D eigenvalue weighted by Gasteiger charge is 2.77. The van der Waals surface area contributed by atoms with Gasteiger partial charge in [-0.15, -0.1) is 0 Å². The number of fused-ring (bicyclic) bond motifs is 5. The average molecular weight is 553 g/mol. The zero-order valence-corrected chi connectivity index (χ0v) is 24.6. The van der Waals surface area contributed by atoms with Gasteiger partial charge in [0.25, 0.3) is 0 Å². The third-order valence-electron chi connectivity index (χ3n) is 10.5. The smallest absolute Gasteiger partial charge is 0.346 e. The Kier molecular flexibility index (Phi) is 5.95. The number of ketones is 1. The van der Waals surface area contributed by atoms with Gasteiger partial charge in [-0.05, 0) is 73.6 Å². The molecule has 0 aromatic heterocycles. The number of Topliss-reactive ketones (excluding diaryl/α,β-unsaturated/α-hetero) is 1. The topological polar surface area (TPSA) is 101 Å². The first kappa shape index (κ1) is 27.5. The molecule has 5 aliphatic rings. The van der Waals surface area contributed by atoms with E-state index in [9.17, 15) is 14.7 Å². The fourth-order valence-corrected chi connectivity index (χ4v) is 8.52. The maximum Gasteiger partial charge on any atom is 0.346 e. The Morgan fingerprint density at radius 1 is 1.10 bits per heavy atom. The quantitative estimate of drug-likeness (QED) is 0.431. The van der Waals surface area contributed by atoms with E-state index >= 15 is 0 Å². The first-order valence-electron chi connectivity index (χ1n) is 14.1. The van der Waals surface area contributed by atoms with E-state index in [0.717, 1.165) is 12.0 Å². The van der Waals surface area contributed by atoms with E-state index in [1.165, 1.54) is 14.2 Å². The molecule has 2 saturated carbocycles. The molecule has 1 N–H and O–H groups in total. The zero-order chi connectivity index (χ0) is 29.0. The molecule has 8 atom stereocenters. The fourth-order valence-electron chi connectivity index (χ4n) is 8.52. The molecule has 1 aromatic rings. The number of rotatable bonds is 4. The van der Waals surface area contributed by atoms with Crippen LogP contribution in [0.3, 0.4) is 0 Å². The molecule has 216 valence electrons. The lowest BCUT2D eigenvalue weighted by molar-refractivity contribution is -0.302. The van der Waals surface area contributed by atoms with Crippen LogP contribution in [0.5, 0.6) is 11.5 Å². The second kappa shape index (κ2) is 8.66. The van der Waals surface area contributed by atoms with Gasteiger partial charge in [-0.3, -0.25) is 4.79 Å². The van der Waals surface area contributed by atoms with E-state index in [1.54, 1.807) is 32.0 Å².